The molecular formula is C22H22NO3+. The molecule has 0 unspecified atom stereocenters. The molecule has 0 aliphatic heterocycles. The first kappa shape index (κ1) is 17.7. The summed E-state index contributed by atoms with van der Waals surface area (Å²) in [7, 11) is 3.29. The molecule has 4 nitrogen and oxygen atoms in total. The smallest absolute Gasteiger partial charge is 0.173 e. The maximum atomic E-state index is 12.5. The van der Waals surface area contributed by atoms with Crippen LogP contribution in [-0.4, -0.2) is 20.0 Å². The van der Waals surface area contributed by atoms with E-state index >= 15 is 0 Å². The SMILES string of the molecule is COc1ccc(CC(=O)c2cc[n+](Cc3ccc(OC)cc3)cc2)cc1. The van der Waals surface area contributed by atoms with Gasteiger partial charge in [0.15, 0.2) is 24.7 Å². The van der Waals surface area contributed by atoms with E-state index < -0.39 is 0 Å². The number of hydrogen-bond donors (Lipinski definition) is 0. The summed E-state index contributed by atoms with van der Waals surface area (Å²) in [5.41, 5.74) is 2.87. The van der Waals surface area contributed by atoms with Gasteiger partial charge in [0.2, 0.25) is 0 Å². The Kier molecular flexibility index (Phi) is 5.64. The van der Waals surface area contributed by atoms with E-state index in [1.807, 2.05) is 77.6 Å². The molecule has 26 heavy (non-hydrogen) atoms. The largest absolute Gasteiger partial charge is 0.497 e. The van der Waals surface area contributed by atoms with Gasteiger partial charge in [-0.1, -0.05) is 12.1 Å². The van der Waals surface area contributed by atoms with Crippen molar-refractivity contribution in [2.75, 3.05) is 14.2 Å². The van der Waals surface area contributed by atoms with E-state index in [0.29, 0.717) is 12.0 Å². The molecule has 0 amide bonds. The fourth-order valence-electron chi connectivity index (χ4n) is 2.72. The number of nitrogens with zero attached hydrogens (tertiary/aromatic N) is 1. The molecule has 0 atom stereocenters. The Morgan fingerprint density at radius 1 is 0.769 bits per heavy atom. The van der Waals surface area contributed by atoms with Crippen molar-refractivity contribution in [3.63, 3.8) is 0 Å². The maximum Gasteiger partial charge on any atom is 0.173 e. The first-order valence-electron chi connectivity index (χ1n) is 8.46. The minimum atomic E-state index is 0.103. The topological polar surface area (TPSA) is 39.4 Å². The Labute approximate surface area is 153 Å². The highest BCUT2D eigenvalue weighted by molar-refractivity contribution is 5.97. The second-order valence-electron chi connectivity index (χ2n) is 6.06. The van der Waals surface area contributed by atoms with Crippen LogP contribution in [0, 0.1) is 0 Å². The number of pyridine rings is 1. The lowest BCUT2D eigenvalue weighted by molar-refractivity contribution is -0.688. The minimum absolute atomic E-state index is 0.103. The molecule has 0 fully saturated rings. The van der Waals surface area contributed by atoms with Crippen molar-refractivity contribution in [3.8, 4) is 11.5 Å². The number of ether oxygens (including phenoxy) is 2. The average Bonchev–Trinajstić information content (AvgIpc) is 2.69. The Hall–Kier alpha value is -3.14. The standard InChI is InChI=1S/C22H22NO3/c1-25-20-7-3-17(4-8-20)15-22(24)19-11-13-23(14-12-19)16-18-5-9-21(26-2)10-6-18/h3-14H,15-16H2,1-2H3/q+1. The van der Waals surface area contributed by atoms with Crippen LogP contribution >= 0.6 is 0 Å². The zero-order chi connectivity index (χ0) is 18.4. The number of aromatic nitrogens is 1. The zero-order valence-corrected chi connectivity index (χ0v) is 15.0. The van der Waals surface area contributed by atoms with E-state index in [1.165, 1.54) is 5.56 Å². The first-order valence-corrected chi connectivity index (χ1v) is 8.46. The lowest BCUT2D eigenvalue weighted by Crippen LogP contribution is -2.33. The molecule has 0 spiro atoms. The summed E-state index contributed by atoms with van der Waals surface area (Å²) in [5.74, 6) is 1.74. The summed E-state index contributed by atoms with van der Waals surface area (Å²) in [4.78, 5) is 12.5. The lowest BCUT2D eigenvalue weighted by Gasteiger charge is -2.04. The minimum Gasteiger partial charge on any atom is -0.497 e. The summed E-state index contributed by atoms with van der Waals surface area (Å²) >= 11 is 0. The Morgan fingerprint density at radius 3 is 1.77 bits per heavy atom. The highest BCUT2D eigenvalue weighted by Crippen LogP contribution is 2.14. The van der Waals surface area contributed by atoms with E-state index in [0.717, 1.165) is 23.6 Å². The number of carbonyl (C=O) groups is 1. The fraction of sp³-hybridized carbons (Fsp3) is 0.182. The molecule has 1 heterocycles. The molecule has 3 rings (SSSR count). The molecular weight excluding hydrogens is 326 g/mol. The third-order valence-corrected chi connectivity index (χ3v) is 4.26. The number of rotatable bonds is 7. The molecule has 1 aromatic heterocycles. The van der Waals surface area contributed by atoms with Crippen LogP contribution in [0.3, 0.4) is 0 Å². The summed E-state index contributed by atoms with van der Waals surface area (Å²) in [6.07, 6.45) is 4.25. The van der Waals surface area contributed by atoms with Gasteiger partial charge in [0, 0.05) is 29.7 Å². The number of methoxy groups -OCH3 is 2. The summed E-state index contributed by atoms with van der Waals surface area (Å²) < 4.78 is 12.4. The van der Waals surface area contributed by atoms with Crippen molar-refractivity contribution < 1.29 is 18.8 Å². The van der Waals surface area contributed by atoms with Crippen LogP contribution in [0.1, 0.15) is 21.5 Å². The van der Waals surface area contributed by atoms with Gasteiger partial charge >= 0.3 is 0 Å². The van der Waals surface area contributed by atoms with Gasteiger partial charge in [0.25, 0.3) is 0 Å². The third-order valence-electron chi connectivity index (χ3n) is 4.26. The van der Waals surface area contributed by atoms with E-state index in [4.69, 9.17) is 9.47 Å². The normalized spacial score (nSPS) is 10.4. The predicted octanol–water partition coefficient (Wildman–Crippen LogP) is 3.47. The first-order chi connectivity index (χ1) is 12.7. The van der Waals surface area contributed by atoms with Crippen molar-refractivity contribution in [2.24, 2.45) is 0 Å². The number of Topliss-reactive ketones (excluding diaryl/α,β-unsaturated/α-hetero) is 1. The van der Waals surface area contributed by atoms with Crippen molar-refractivity contribution in [1.29, 1.82) is 0 Å². The lowest BCUT2D eigenvalue weighted by atomic mass is 10.0. The van der Waals surface area contributed by atoms with Crippen LogP contribution in [0.15, 0.2) is 73.1 Å². The van der Waals surface area contributed by atoms with E-state index in [9.17, 15) is 4.79 Å². The van der Waals surface area contributed by atoms with Crippen molar-refractivity contribution in [2.45, 2.75) is 13.0 Å². The number of benzene rings is 2. The molecule has 0 N–H and O–H groups in total. The maximum absolute atomic E-state index is 12.5. The highest BCUT2D eigenvalue weighted by Gasteiger charge is 2.10. The molecule has 0 bridgehead atoms. The Bertz CT molecular complexity index is 853. The average molecular weight is 348 g/mol. The number of ketones is 1. The predicted molar refractivity (Wildman–Crippen MR) is 99.8 cm³/mol. The zero-order valence-electron chi connectivity index (χ0n) is 15.0. The monoisotopic (exact) mass is 348 g/mol. The second kappa shape index (κ2) is 8.30. The molecule has 3 aromatic rings. The van der Waals surface area contributed by atoms with E-state index in [2.05, 4.69) is 0 Å². The fourth-order valence-corrected chi connectivity index (χ4v) is 2.72. The molecule has 0 saturated heterocycles. The number of hydrogen-bond acceptors (Lipinski definition) is 3. The Morgan fingerprint density at radius 2 is 1.27 bits per heavy atom. The van der Waals surface area contributed by atoms with Crippen LogP contribution in [-0.2, 0) is 13.0 Å². The van der Waals surface area contributed by atoms with E-state index in [-0.39, 0.29) is 5.78 Å². The molecule has 4 heteroatoms. The molecule has 0 radical (unpaired) electrons. The van der Waals surface area contributed by atoms with Crippen LogP contribution in [0.2, 0.25) is 0 Å². The van der Waals surface area contributed by atoms with Gasteiger partial charge in [-0.25, -0.2) is 4.57 Å². The third kappa shape index (κ3) is 4.48. The van der Waals surface area contributed by atoms with Crippen LogP contribution < -0.4 is 14.0 Å². The van der Waals surface area contributed by atoms with Crippen LogP contribution in [0.5, 0.6) is 11.5 Å². The van der Waals surface area contributed by atoms with Gasteiger partial charge in [-0.15, -0.1) is 0 Å². The molecule has 0 aliphatic carbocycles. The second-order valence-corrected chi connectivity index (χ2v) is 6.06. The van der Waals surface area contributed by atoms with Crippen molar-refractivity contribution >= 4 is 5.78 Å². The number of carbonyl (C=O) groups excluding carboxylic acids is 1. The summed E-state index contributed by atoms with van der Waals surface area (Å²) in [5, 5.41) is 0. The van der Waals surface area contributed by atoms with Crippen LogP contribution in [0.4, 0.5) is 0 Å². The Balaban J connectivity index is 1.63. The van der Waals surface area contributed by atoms with Crippen molar-refractivity contribution in [1.82, 2.24) is 0 Å². The highest BCUT2D eigenvalue weighted by atomic mass is 16.5. The van der Waals surface area contributed by atoms with Gasteiger partial charge in [-0.3, -0.25) is 4.79 Å². The molecule has 0 saturated carbocycles. The molecule has 2 aromatic carbocycles. The van der Waals surface area contributed by atoms with E-state index in [1.54, 1.807) is 14.2 Å². The summed E-state index contributed by atoms with van der Waals surface area (Å²) in [6, 6.07) is 19.3. The van der Waals surface area contributed by atoms with Gasteiger partial charge in [0.1, 0.15) is 11.5 Å². The quantitative estimate of drug-likeness (QED) is 0.485. The van der Waals surface area contributed by atoms with Gasteiger partial charge in [-0.05, 0) is 42.0 Å². The van der Waals surface area contributed by atoms with Gasteiger partial charge in [0.05, 0.1) is 14.2 Å². The van der Waals surface area contributed by atoms with Crippen molar-refractivity contribution in [3.05, 3.63) is 89.7 Å². The van der Waals surface area contributed by atoms with Crippen LogP contribution in [0.25, 0.3) is 0 Å². The van der Waals surface area contributed by atoms with Gasteiger partial charge < -0.3 is 9.47 Å². The van der Waals surface area contributed by atoms with Gasteiger partial charge in [-0.2, -0.15) is 0 Å². The summed E-state index contributed by atoms with van der Waals surface area (Å²) in [6.45, 7) is 0.747. The molecule has 0 aliphatic rings. The molecule has 132 valence electrons.